The molecule has 0 spiro atoms. The average molecular weight is 437 g/mol. The van der Waals surface area contributed by atoms with E-state index in [-0.39, 0.29) is 23.2 Å². The Morgan fingerprint density at radius 3 is 2.92 bits per heavy atom. The molecule has 3 rings (SSSR count). The van der Waals surface area contributed by atoms with Gasteiger partial charge in [0.2, 0.25) is 5.91 Å². The third-order valence-electron chi connectivity index (χ3n) is 3.77. The van der Waals surface area contributed by atoms with Gasteiger partial charge in [-0.05, 0) is 30.7 Å². The number of fused-ring (bicyclic) bond motifs is 1. The molecule has 4 nitrogen and oxygen atoms in total. The number of halogens is 2. The molecule has 2 aromatic carbocycles. The van der Waals surface area contributed by atoms with Crippen LogP contribution >= 0.6 is 27.3 Å². The van der Waals surface area contributed by atoms with Crippen LogP contribution < -0.4 is 10.1 Å². The molecule has 1 atom stereocenters. The summed E-state index contributed by atoms with van der Waals surface area (Å²) in [6.45, 7) is 2.19. The molecular formula is C19H18BrFN2O2S. The Morgan fingerprint density at radius 2 is 2.15 bits per heavy atom. The van der Waals surface area contributed by atoms with Gasteiger partial charge in [0.25, 0.3) is 0 Å². The Bertz CT molecular complexity index is 915. The fraction of sp³-hybridized carbons (Fsp3) is 0.263. The van der Waals surface area contributed by atoms with E-state index in [1.165, 1.54) is 17.4 Å². The maximum Gasteiger partial charge on any atom is 0.239 e. The molecule has 26 heavy (non-hydrogen) atoms. The summed E-state index contributed by atoms with van der Waals surface area (Å²) in [5.74, 6) is 0.251. The first-order chi connectivity index (χ1) is 12.6. The summed E-state index contributed by atoms with van der Waals surface area (Å²) in [5.41, 5.74) is 1.29. The standard InChI is InChI=1S/C19H18BrFN2O2S/c1-2-5-14(20)18(24)23-19-22-16-9-8-13(10-17(16)26-19)25-11-12-6-3-4-7-15(12)21/h3-4,6-10,14H,2,5,11H2,1H3,(H,22,23,24). The first-order valence-electron chi connectivity index (χ1n) is 8.28. The maximum absolute atomic E-state index is 13.7. The van der Waals surface area contributed by atoms with Crippen LogP contribution in [0.25, 0.3) is 10.2 Å². The molecule has 136 valence electrons. The average Bonchev–Trinajstić information content (AvgIpc) is 3.02. The number of alkyl halides is 1. The lowest BCUT2D eigenvalue weighted by molar-refractivity contribution is -0.115. The number of aromatic nitrogens is 1. The predicted molar refractivity (Wildman–Crippen MR) is 107 cm³/mol. The molecule has 0 aliphatic heterocycles. The van der Waals surface area contributed by atoms with Crippen molar-refractivity contribution >= 4 is 48.5 Å². The number of carbonyl (C=O) groups excluding carboxylic acids is 1. The molecule has 0 saturated carbocycles. The topological polar surface area (TPSA) is 51.2 Å². The lowest BCUT2D eigenvalue weighted by atomic mass is 10.2. The van der Waals surface area contributed by atoms with E-state index in [2.05, 4.69) is 26.2 Å². The van der Waals surface area contributed by atoms with E-state index in [1.807, 2.05) is 19.1 Å². The Morgan fingerprint density at radius 1 is 1.35 bits per heavy atom. The predicted octanol–water partition coefficient (Wildman–Crippen LogP) is 5.52. The summed E-state index contributed by atoms with van der Waals surface area (Å²) in [4.78, 5) is 16.3. The van der Waals surface area contributed by atoms with Crippen LogP contribution in [0.4, 0.5) is 9.52 Å². The first-order valence-corrected chi connectivity index (χ1v) is 10.0. The van der Waals surface area contributed by atoms with E-state index in [0.717, 1.165) is 23.1 Å². The molecule has 0 saturated heterocycles. The van der Waals surface area contributed by atoms with E-state index >= 15 is 0 Å². The number of hydrogen-bond donors (Lipinski definition) is 1. The fourth-order valence-corrected chi connectivity index (χ4v) is 3.86. The normalized spacial score (nSPS) is 12.1. The number of hydrogen-bond acceptors (Lipinski definition) is 4. The van der Waals surface area contributed by atoms with E-state index in [0.29, 0.717) is 16.4 Å². The van der Waals surface area contributed by atoms with Gasteiger partial charge in [0, 0.05) is 5.56 Å². The number of nitrogens with zero attached hydrogens (tertiary/aromatic N) is 1. The number of thiazole rings is 1. The molecule has 0 aliphatic carbocycles. The van der Waals surface area contributed by atoms with Crippen molar-refractivity contribution in [2.45, 2.75) is 31.2 Å². The van der Waals surface area contributed by atoms with Crippen molar-refractivity contribution in [3.63, 3.8) is 0 Å². The Labute approximate surface area is 163 Å². The largest absolute Gasteiger partial charge is 0.489 e. The van der Waals surface area contributed by atoms with Crippen LogP contribution in [0.2, 0.25) is 0 Å². The van der Waals surface area contributed by atoms with Gasteiger partial charge in [-0.15, -0.1) is 0 Å². The zero-order valence-electron chi connectivity index (χ0n) is 14.2. The number of amides is 1. The second-order valence-electron chi connectivity index (χ2n) is 5.77. The summed E-state index contributed by atoms with van der Waals surface area (Å²) < 4.78 is 20.2. The minimum Gasteiger partial charge on any atom is -0.489 e. The highest BCUT2D eigenvalue weighted by Crippen LogP contribution is 2.30. The van der Waals surface area contributed by atoms with E-state index in [1.54, 1.807) is 24.3 Å². The van der Waals surface area contributed by atoms with Crippen LogP contribution in [-0.4, -0.2) is 15.7 Å². The van der Waals surface area contributed by atoms with Crippen LogP contribution in [-0.2, 0) is 11.4 Å². The van der Waals surface area contributed by atoms with Crippen molar-refractivity contribution in [3.05, 3.63) is 53.8 Å². The molecule has 0 radical (unpaired) electrons. The van der Waals surface area contributed by atoms with Gasteiger partial charge in [0.05, 0.1) is 15.0 Å². The Kier molecular flexibility index (Phi) is 6.21. The SMILES string of the molecule is CCCC(Br)C(=O)Nc1nc2ccc(OCc3ccccc3F)cc2s1. The highest BCUT2D eigenvalue weighted by molar-refractivity contribution is 9.10. The van der Waals surface area contributed by atoms with Gasteiger partial charge in [-0.1, -0.05) is 58.8 Å². The van der Waals surface area contributed by atoms with Gasteiger partial charge in [-0.25, -0.2) is 9.37 Å². The quantitative estimate of drug-likeness (QED) is 0.496. The molecule has 0 bridgehead atoms. The van der Waals surface area contributed by atoms with Crippen LogP contribution in [0.1, 0.15) is 25.3 Å². The molecule has 0 fully saturated rings. The molecule has 3 aromatic rings. The molecule has 7 heteroatoms. The molecule has 1 N–H and O–H groups in total. The molecule has 1 unspecified atom stereocenters. The highest BCUT2D eigenvalue weighted by atomic mass is 79.9. The molecule has 1 amide bonds. The Balaban J connectivity index is 1.69. The van der Waals surface area contributed by atoms with Crippen molar-refractivity contribution in [1.82, 2.24) is 4.98 Å². The molecular weight excluding hydrogens is 419 g/mol. The summed E-state index contributed by atoms with van der Waals surface area (Å²) in [5, 5.41) is 3.38. The summed E-state index contributed by atoms with van der Waals surface area (Å²) in [6.07, 6.45) is 1.69. The van der Waals surface area contributed by atoms with E-state index in [4.69, 9.17) is 4.74 Å². The number of rotatable bonds is 7. The van der Waals surface area contributed by atoms with Crippen molar-refractivity contribution < 1.29 is 13.9 Å². The molecule has 1 aromatic heterocycles. The van der Waals surface area contributed by atoms with Crippen molar-refractivity contribution in [2.75, 3.05) is 5.32 Å². The van der Waals surface area contributed by atoms with Crippen molar-refractivity contribution in [3.8, 4) is 5.75 Å². The van der Waals surface area contributed by atoms with Crippen LogP contribution in [0, 0.1) is 5.82 Å². The summed E-state index contributed by atoms with van der Waals surface area (Å²) in [6, 6.07) is 12.0. The molecule has 1 heterocycles. The maximum atomic E-state index is 13.7. The van der Waals surface area contributed by atoms with Crippen molar-refractivity contribution in [1.29, 1.82) is 0 Å². The van der Waals surface area contributed by atoms with Crippen molar-refractivity contribution in [2.24, 2.45) is 0 Å². The van der Waals surface area contributed by atoms with Gasteiger partial charge >= 0.3 is 0 Å². The number of anilines is 1. The van der Waals surface area contributed by atoms with Gasteiger partial charge in [0.1, 0.15) is 18.2 Å². The minimum atomic E-state index is -0.284. The Hall–Kier alpha value is -1.99. The van der Waals surface area contributed by atoms with Gasteiger partial charge in [-0.2, -0.15) is 0 Å². The molecule has 0 aliphatic rings. The zero-order valence-corrected chi connectivity index (χ0v) is 16.6. The summed E-state index contributed by atoms with van der Waals surface area (Å²) >= 11 is 4.76. The highest BCUT2D eigenvalue weighted by Gasteiger charge is 2.16. The second-order valence-corrected chi connectivity index (χ2v) is 7.91. The summed E-state index contributed by atoms with van der Waals surface area (Å²) in [7, 11) is 0. The number of carbonyl (C=O) groups is 1. The third-order valence-corrected chi connectivity index (χ3v) is 5.58. The first kappa shape index (κ1) is 18.8. The van der Waals surface area contributed by atoms with E-state index in [9.17, 15) is 9.18 Å². The van der Waals surface area contributed by atoms with Gasteiger partial charge in [0.15, 0.2) is 5.13 Å². The lowest BCUT2D eigenvalue weighted by Crippen LogP contribution is -2.22. The van der Waals surface area contributed by atoms with Crippen LogP contribution in [0.3, 0.4) is 0 Å². The van der Waals surface area contributed by atoms with Crippen LogP contribution in [0.5, 0.6) is 5.75 Å². The number of ether oxygens (including phenoxy) is 1. The monoisotopic (exact) mass is 436 g/mol. The second kappa shape index (κ2) is 8.60. The zero-order chi connectivity index (χ0) is 18.5. The smallest absolute Gasteiger partial charge is 0.239 e. The van der Waals surface area contributed by atoms with Crippen LogP contribution in [0.15, 0.2) is 42.5 Å². The van der Waals surface area contributed by atoms with Gasteiger partial charge < -0.3 is 10.1 Å². The van der Waals surface area contributed by atoms with E-state index < -0.39 is 0 Å². The third kappa shape index (κ3) is 4.59. The number of nitrogens with one attached hydrogen (secondary N) is 1. The fourth-order valence-electron chi connectivity index (χ4n) is 2.39. The number of benzene rings is 2. The minimum absolute atomic E-state index is 0.0954. The van der Waals surface area contributed by atoms with Gasteiger partial charge in [-0.3, -0.25) is 4.79 Å². The lowest BCUT2D eigenvalue weighted by Gasteiger charge is -2.06.